The molecule has 2 unspecified atom stereocenters. The van der Waals surface area contributed by atoms with Crippen molar-refractivity contribution in [1.82, 2.24) is 0 Å². The largest absolute Gasteiger partial charge is 0.756 e. The summed E-state index contributed by atoms with van der Waals surface area (Å²) in [5.74, 6) is -0.862. The lowest BCUT2D eigenvalue weighted by molar-refractivity contribution is -0.870. The van der Waals surface area contributed by atoms with Gasteiger partial charge in [-0.15, -0.1) is 0 Å². The Morgan fingerprint density at radius 1 is 0.552 bits per heavy atom. The number of esters is 2. The van der Waals surface area contributed by atoms with Crippen molar-refractivity contribution in [2.75, 3.05) is 47.5 Å². The Morgan fingerprint density at radius 3 is 1.47 bits per heavy atom. The summed E-state index contributed by atoms with van der Waals surface area (Å²) in [6, 6.07) is 0. The van der Waals surface area contributed by atoms with E-state index < -0.39 is 26.5 Å². The third kappa shape index (κ3) is 43.8. The van der Waals surface area contributed by atoms with Gasteiger partial charge >= 0.3 is 11.9 Å². The van der Waals surface area contributed by atoms with Gasteiger partial charge in [0.25, 0.3) is 7.82 Å². The van der Waals surface area contributed by atoms with Crippen molar-refractivity contribution < 1.29 is 42.1 Å². The lowest BCUT2D eigenvalue weighted by atomic mass is 10.0. The summed E-state index contributed by atoms with van der Waals surface area (Å²) >= 11 is 0. The van der Waals surface area contributed by atoms with Crippen LogP contribution < -0.4 is 4.89 Å². The number of ether oxygens (including phenoxy) is 2. The molecule has 0 heterocycles. The predicted molar refractivity (Wildman–Crippen MR) is 241 cm³/mol. The molecule has 0 spiro atoms. The Labute approximate surface area is 357 Å². The number of phosphoric ester groups is 1. The lowest BCUT2D eigenvalue weighted by Gasteiger charge is -2.28. The summed E-state index contributed by atoms with van der Waals surface area (Å²) in [4.78, 5) is 37.6. The molecule has 58 heavy (non-hydrogen) atoms. The molecule has 9 nitrogen and oxygen atoms in total. The number of carbonyl (C=O) groups excluding carboxylic acids is 2. The minimum absolute atomic E-state index is 0.0360. The second-order valence-electron chi connectivity index (χ2n) is 17.1. The number of phosphoric acid groups is 1. The second-order valence-corrected chi connectivity index (χ2v) is 18.5. The molecule has 0 N–H and O–H groups in total. The summed E-state index contributed by atoms with van der Waals surface area (Å²) in [5, 5.41) is 0. The van der Waals surface area contributed by atoms with Crippen LogP contribution in [-0.2, 0) is 32.7 Å². The molecule has 0 rings (SSSR count). The minimum atomic E-state index is -4.63. The Balaban J connectivity index is 4.24. The third-order valence-corrected chi connectivity index (χ3v) is 11.1. The van der Waals surface area contributed by atoms with Gasteiger partial charge in [0.15, 0.2) is 6.10 Å². The highest BCUT2D eigenvalue weighted by atomic mass is 31.2. The SMILES string of the molecule is CC/C=C\C/C=C\C/C=C\CCCCCC(=O)OC(COC(=O)CCCCCCCCCCCCCCCCCCCCCCC)COP(=O)([O-])OCC[N+](C)(C)C. The molecule has 0 fully saturated rings. The monoisotopic (exact) mass is 840 g/mol. The first-order chi connectivity index (χ1) is 28.0. The van der Waals surface area contributed by atoms with Crippen LogP contribution in [0.2, 0.25) is 0 Å². The van der Waals surface area contributed by atoms with Crippen LogP contribution in [0.4, 0.5) is 0 Å². The van der Waals surface area contributed by atoms with Gasteiger partial charge in [0.05, 0.1) is 27.7 Å². The minimum Gasteiger partial charge on any atom is -0.756 e. The summed E-state index contributed by atoms with van der Waals surface area (Å²) in [5.41, 5.74) is 0. The molecule has 0 aliphatic rings. The molecule has 0 saturated heterocycles. The Bertz CT molecular complexity index is 1090. The van der Waals surface area contributed by atoms with Crippen LogP contribution in [0.5, 0.6) is 0 Å². The van der Waals surface area contributed by atoms with Crippen LogP contribution >= 0.6 is 7.82 Å². The van der Waals surface area contributed by atoms with Crippen molar-refractivity contribution in [2.45, 2.75) is 213 Å². The topological polar surface area (TPSA) is 111 Å². The van der Waals surface area contributed by atoms with Crippen LogP contribution in [0.1, 0.15) is 206 Å². The normalized spacial score (nSPS) is 13.8. The van der Waals surface area contributed by atoms with Crippen molar-refractivity contribution in [2.24, 2.45) is 0 Å². The number of unbranched alkanes of at least 4 members (excludes halogenated alkanes) is 23. The first-order valence-corrected chi connectivity index (χ1v) is 25.2. The highest BCUT2D eigenvalue weighted by Gasteiger charge is 2.21. The van der Waals surface area contributed by atoms with Crippen molar-refractivity contribution in [3.05, 3.63) is 36.5 Å². The molecule has 0 aliphatic heterocycles. The maximum atomic E-state index is 12.7. The van der Waals surface area contributed by atoms with E-state index in [1.165, 1.54) is 116 Å². The van der Waals surface area contributed by atoms with Gasteiger partial charge in [0.2, 0.25) is 0 Å². The first kappa shape index (κ1) is 56.2. The van der Waals surface area contributed by atoms with E-state index in [2.05, 4.69) is 50.3 Å². The highest BCUT2D eigenvalue weighted by molar-refractivity contribution is 7.45. The van der Waals surface area contributed by atoms with Crippen molar-refractivity contribution in [3.63, 3.8) is 0 Å². The maximum absolute atomic E-state index is 12.7. The Hall–Kier alpha value is -1.77. The molecule has 0 bridgehead atoms. The number of likely N-dealkylation sites (N-methyl/N-ethyl adjacent to an activating group) is 1. The average molecular weight is 840 g/mol. The fraction of sp³-hybridized carbons (Fsp3) is 0.833. The van der Waals surface area contributed by atoms with Gasteiger partial charge in [-0.05, 0) is 44.9 Å². The van der Waals surface area contributed by atoms with Gasteiger partial charge < -0.3 is 27.9 Å². The standard InChI is InChI=1S/C48H90NO8P/c1-6-8-10-12-14-16-18-20-21-22-23-24-25-26-27-29-30-32-34-36-38-40-47(50)54-44-46(45-56-58(52,53)55-43-42-49(3,4)5)57-48(51)41-39-37-35-33-31-28-19-17-15-13-11-9-7-2/h9,11,15,17,28,31,46H,6-8,10,12-14,16,18-27,29-30,32-45H2,1-5H3/b11-9-,17-15-,31-28-. The molecule has 10 heteroatoms. The summed E-state index contributed by atoms with van der Waals surface area (Å²) in [7, 11) is 1.15. The van der Waals surface area contributed by atoms with Gasteiger partial charge in [0, 0.05) is 12.8 Å². The molecule has 0 amide bonds. The molecule has 340 valence electrons. The molecule has 0 saturated carbocycles. The van der Waals surface area contributed by atoms with Gasteiger partial charge in [-0.2, -0.15) is 0 Å². The number of quaternary nitrogens is 1. The van der Waals surface area contributed by atoms with E-state index in [1.54, 1.807) is 0 Å². The first-order valence-electron chi connectivity index (χ1n) is 23.7. The summed E-state index contributed by atoms with van der Waals surface area (Å²) in [6.45, 7) is 4.10. The number of carbonyl (C=O) groups is 2. The van der Waals surface area contributed by atoms with Crippen LogP contribution in [0.25, 0.3) is 0 Å². The van der Waals surface area contributed by atoms with Gasteiger partial charge in [-0.1, -0.05) is 185 Å². The zero-order chi connectivity index (χ0) is 42.8. The lowest BCUT2D eigenvalue weighted by Crippen LogP contribution is -2.37. The predicted octanol–water partition coefficient (Wildman–Crippen LogP) is 13.1. The maximum Gasteiger partial charge on any atom is 0.306 e. The molecule has 0 aromatic heterocycles. The van der Waals surface area contributed by atoms with Crippen LogP contribution in [-0.4, -0.2) is 70.0 Å². The zero-order valence-corrected chi connectivity index (χ0v) is 39.1. The van der Waals surface area contributed by atoms with Gasteiger partial charge in [-0.3, -0.25) is 14.2 Å². The smallest absolute Gasteiger partial charge is 0.306 e. The molecule has 0 radical (unpaired) electrons. The molecule has 2 atom stereocenters. The van der Waals surface area contributed by atoms with Crippen LogP contribution in [0.3, 0.4) is 0 Å². The highest BCUT2D eigenvalue weighted by Crippen LogP contribution is 2.38. The van der Waals surface area contributed by atoms with Gasteiger partial charge in [-0.25, -0.2) is 0 Å². The van der Waals surface area contributed by atoms with Gasteiger partial charge in [0.1, 0.15) is 19.8 Å². The molecular weight excluding hydrogens is 750 g/mol. The summed E-state index contributed by atoms with van der Waals surface area (Å²) in [6.07, 6.45) is 46.1. The van der Waals surface area contributed by atoms with Crippen LogP contribution in [0, 0.1) is 0 Å². The van der Waals surface area contributed by atoms with Crippen LogP contribution in [0.15, 0.2) is 36.5 Å². The summed E-state index contributed by atoms with van der Waals surface area (Å²) < 4.78 is 33.9. The van der Waals surface area contributed by atoms with E-state index in [1.807, 2.05) is 21.1 Å². The van der Waals surface area contributed by atoms with Crippen molar-refractivity contribution >= 4 is 19.8 Å². The van der Waals surface area contributed by atoms with E-state index in [4.69, 9.17) is 18.5 Å². The van der Waals surface area contributed by atoms with Crippen molar-refractivity contribution in [3.8, 4) is 0 Å². The molecule has 0 aromatic rings. The third-order valence-electron chi connectivity index (χ3n) is 10.2. The number of hydrogen-bond donors (Lipinski definition) is 0. The van der Waals surface area contributed by atoms with E-state index >= 15 is 0 Å². The van der Waals surface area contributed by atoms with E-state index in [-0.39, 0.29) is 32.0 Å². The number of rotatable bonds is 43. The second kappa shape index (κ2) is 40.6. The zero-order valence-electron chi connectivity index (χ0n) is 38.2. The molecule has 0 aliphatic carbocycles. The number of nitrogens with zero attached hydrogens (tertiary/aromatic N) is 1. The fourth-order valence-electron chi connectivity index (χ4n) is 6.49. The Morgan fingerprint density at radius 2 is 0.983 bits per heavy atom. The Kier molecular flexibility index (Phi) is 39.4. The number of allylic oxidation sites excluding steroid dienone is 6. The molecule has 0 aromatic carbocycles. The number of hydrogen-bond acceptors (Lipinski definition) is 8. The average Bonchev–Trinajstić information content (AvgIpc) is 3.17. The quantitative estimate of drug-likeness (QED) is 0.0196. The van der Waals surface area contributed by atoms with E-state index in [0.29, 0.717) is 17.4 Å². The van der Waals surface area contributed by atoms with E-state index in [9.17, 15) is 19.0 Å². The van der Waals surface area contributed by atoms with Crippen molar-refractivity contribution in [1.29, 1.82) is 0 Å². The van der Waals surface area contributed by atoms with E-state index in [0.717, 1.165) is 57.8 Å². The fourth-order valence-corrected chi connectivity index (χ4v) is 7.22. The molecular formula is C48H90NO8P.